The van der Waals surface area contributed by atoms with E-state index in [9.17, 15) is 4.39 Å². The summed E-state index contributed by atoms with van der Waals surface area (Å²) < 4.78 is 13.4. The van der Waals surface area contributed by atoms with Gasteiger partial charge in [0.2, 0.25) is 0 Å². The first-order chi connectivity index (χ1) is 9.97. The minimum atomic E-state index is -0.197. The zero-order valence-electron chi connectivity index (χ0n) is 12.9. The average molecular weight is 286 g/mol. The molecular weight excluding hydrogens is 263 g/mol. The zero-order chi connectivity index (χ0) is 15.4. The Bertz CT molecular complexity index is 602. The molecule has 0 spiro atoms. The van der Waals surface area contributed by atoms with Gasteiger partial charge in [-0.15, -0.1) is 0 Å². The number of nitrogens with one attached hydrogen (secondary N) is 1. The Labute approximate surface area is 126 Å². The smallest absolute Gasteiger partial charge is 0.123 e. The summed E-state index contributed by atoms with van der Waals surface area (Å²) in [5.74, 6) is 5.49. The molecule has 0 aliphatic carbocycles. The fourth-order valence-electron chi connectivity index (χ4n) is 2.79. The summed E-state index contributed by atoms with van der Waals surface area (Å²) >= 11 is 0. The van der Waals surface area contributed by atoms with Crippen molar-refractivity contribution in [2.45, 2.75) is 39.7 Å². The predicted molar refractivity (Wildman–Crippen MR) is 85.6 cm³/mol. The molecule has 1 unspecified atom stereocenters. The molecule has 0 heterocycles. The Hall–Kier alpha value is -1.71. The summed E-state index contributed by atoms with van der Waals surface area (Å²) in [4.78, 5) is 0. The Morgan fingerprint density at radius 3 is 2.29 bits per heavy atom. The van der Waals surface area contributed by atoms with E-state index in [0.717, 1.165) is 17.5 Å². The number of rotatable bonds is 5. The monoisotopic (exact) mass is 286 g/mol. The fourth-order valence-corrected chi connectivity index (χ4v) is 2.79. The van der Waals surface area contributed by atoms with E-state index < -0.39 is 0 Å². The molecule has 3 heteroatoms. The number of hydrazine groups is 1. The second kappa shape index (κ2) is 6.83. The van der Waals surface area contributed by atoms with Crippen LogP contribution in [0.1, 0.15) is 27.8 Å². The van der Waals surface area contributed by atoms with E-state index in [2.05, 4.69) is 37.5 Å². The van der Waals surface area contributed by atoms with Gasteiger partial charge in [0.05, 0.1) is 0 Å². The van der Waals surface area contributed by atoms with E-state index in [1.165, 1.54) is 22.8 Å². The average Bonchev–Trinajstić information content (AvgIpc) is 2.41. The fraction of sp³-hybridized carbons (Fsp3) is 0.333. The highest BCUT2D eigenvalue weighted by Crippen LogP contribution is 2.16. The summed E-state index contributed by atoms with van der Waals surface area (Å²) in [5.41, 5.74) is 8.72. The van der Waals surface area contributed by atoms with Gasteiger partial charge in [-0.25, -0.2) is 4.39 Å². The SMILES string of the molecule is Cc1cc(C)cc(CC(Cc2cc(F)ccc2C)NN)c1. The first kappa shape index (κ1) is 15.7. The van der Waals surface area contributed by atoms with Gasteiger partial charge in [-0.1, -0.05) is 35.4 Å². The standard InChI is InChI=1S/C18H23FN2/c1-12-6-13(2)8-15(7-12)9-18(21-20)11-16-10-17(19)5-4-14(16)3/h4-8,10,18,21H,9,11,20H2,1-3H3. The van der Waals surface area contributed by atoms with Gasteiger partial charge in [0.1, 0.15) is 5.82 Å². The molecule has 2 aromatic rings. The summed E-state index contributed by atoms with van der Waals surface area (Å²) in [7, 11) is 0. The van der Waals surface area contributed by atoms with Crippen molar-refractivity contribution in [1.29, 1.82) is 0 Å². The normalized spacial score (nSPS) is 12.4. The van der Waals surface area contributed by atoms with Crippen LogP contribution in [0.15, 0.2) is 36.4 Å². The second-order valence-corrected chi connectivity index (χ2v) is 5.84. The molecular formula is C18H23FN2. The molecule has 0 amide bonds. The van der Waals surface area contributed by atoms with Gasteiger partial charge < -0.3 is 0 Å². The van der Waals surface area contributed by atoms with Crippen molar-refractivity contribution >= 4 is 0 Å². The molecule has 112 valence electrons. The van der Waals surface area contributed by atoms with E-state index >= 15 is 0 Å². The van der Waals surface area contributed by atoms with E-state index in [4.69, 9.17) is 5.84 Å². The second-order valence-electron chi connectivity index (χ2n) is 5.84. The maximum absolute atomic E-state index is 13.4. The largest absolute Gasteiger partial charge is 0.271 e. The first-order valence-corrected chi connectivity index (χ1v) is 7.26. The quantitative estimate of drug-likeness (QED) is 0.653. The van der Waals surface area contributed by atoms with Gasteiger partial charge in [-0.3, -0.25) is 11.3 Å². The van der Waals surface area contributed by atoms with Crippen LogP contribution in [0.3, 0.4) is 0 Å². The Morgan fingerprint density at radius 1 is 1.00 bits per heavy atom. The highest BCUT2D eigenvalue weighted by molar-refractivity contribution is 5.31. The summed E-state index contributed by atoms with van der Waals surface area (Å²) in [5, 5.41) is 0. The third-order valence-corrected chi connectivity index (χ3v) is 3.78. The highest BCUT2D eigenvalue weighted by atomic mass is 19.1. The van der Waals surface area contributed by atoms with Crippen LogP contribution in [0.4, 0.5) is 4.39 Å². The molecule has 2 nitrogen and oxygen atoms in total. The summed E-state index contributed by atoms with van der Waals surface area (Å²) in [6.45, 7) is 6.19. The molecule has 2 rings (SSSR count). The van der Waals surface area contributed by atoms with Crippen molar-refractivity contribution in [2.75, 3.05) is 0 Å². The Morgan fingerprint density at radius 2 is 1.67 bits per heavy atom. The molecule has 2 aromatic carbocycles. The van der Waals surface area contributed by atoms with E-state index in [0.29, 0.717) is 6.42 Å². The van der Waals surface area contributed by atoms with Crippen LogP contribution in [0.25, 0.3) is 0 Å². The zero-order valence-corrected chi connectivity index (χ0v) is 12.9. The molecule has 0 saturated carbocycles. The van der Waals surface area contributed by atoms with Gasteiger partial charge in [0.15, 0.2) is 0 Å². The van der Waals surface area contributed by atoms with Crippen LogP contribution in [0.5, 0.6) is 0 Å². The molecule has 21 heavy (non-hydrogen) atoms. The van der Waals surface area contributed by atoms with Gasteiger partial charge in [-0.05, 0) is 62.4 Å². The minimum Gasteiger partial charge on any atom is -0.271 e. The molecule has 0 saturated heterocycles. The number of nitrogens with two attached hydrogens (primary N) is 1. The van der Waals surface area contributed by atoms with Crippen molar-refractivity contribution in [3.63, 3.8) is 0 Å². The molecule has 0 aromatic heterocycles. The first-order valence-electron chi connectivity index (χ1n) is 7.26. The summed E-state index contributed by atoms with van der Waals surface area (Å²) in [6, 6.07) is 11.5. The lowest BCUT2D eigenvalue weighted by Crippen LogP contribution is -2.38. The number of hydrogen-bond donors (Lipinski definition) is 2. The number of halogens is 1. The molecule has 0 bridgehead atoms. The highest BCUT2D eigenvalue weighted by Gasteiger charge is 2.12. The van der Waals surface area contributed by atoms with Crippen LogP contribution in [-0.2, 0) is 12.8 Å². The Kier molecular flexibility index (Phi) is 5.10. The van der Waals surface area contributed by atoms with Crippen LogP contribution >= 0.6 is 0 Å². The van der Waals surface area contributed by atoms with E-state index in [-0.39, 0.29) is 11.9 Å². The van der Waals surface area contributed by atoms with Crippen molar-refractivity contribution in [3.8, 4) is 0 Å². The van der Waals surface area contributed by atoms with Crippen LogP contribution < -0.4 is 11.3 Å². The maximum atomic E-state index is 13.4. The van der Waals surface area contributed by atoms with Crippen molar-refractivity contribution < 1.29 is 4.39 Å². The van der Waals surface area contributed by atoms with Crippen LogP contribution in [0, 0.1) is 26.6 Å². The number of hydrogen-bond acceptors (Lipinski definition) is 2. The topological polar surface area (TPSA) is 38.0 Å². The Balaban J connectivity index is 2.14. The lowest BCUT2D eigenvalue weighted by atomic mass is 9.95. The van der Waals surface area contributed by atoms with Gasteiger partial charge in [0.25, 0.3) is 0 Å². The van der Waals surface area contributed by atoms with Gasteiger partial charge >= 0.3 is 0 Å². The van der Waals surface area contributed by atoms with Crippen molar-refractivity contribution in [3.05, 3.63) is 70.0 Å². The predicted octanol–water partition coefficient (Wildman–Crippen LogP) is 3.37. The molecule has 1 atom stereocenters. The molecule has 0 aliphatic rings. The van der Waals surface area contributed by atoms with Crippen LogP contribution in [-0.4, -0.2) is 6.04 Å². The number of benzene rings is 2. The van der Waals surface area contributed by atoms with E-state index in [1.54, 1.807) is 6.07 Å². The lowest BCUT2D eigenvalue weighted by molar-refractivity contribution is 0.519. The van der Waals surface area contributed by atoms with Gasteiger partial charge in [-0.2, -0.15) is 0 Å². The molecule has 0 aliphatic heterocycles. The van der Waals surface area contributed by atoms with Crippen molar-refractivity contribution in [2.24, 2.45) is 5.84 Å². The molecule has 0 radical (unpaired) electrons. The van der Waals surface area contributed by atoms with Gasteiger partial charge in [0, 0.05) is 6.04 Å². The molecule has 3 N–H and O–H groups in total. The number of aryl methyl sites for hydroxylation is 3. The molecule has 0 fully saturated rings. The third kappa shape index (κ3) is 4.38. The van der Waals surface area contributed by atoms with E-state index in [1.807, 2.05) is 13.0 Å². The lowest BCUT2D eigenvalue weighted by Gasteiger charge is -2.18. The van der Waals surface area contributed by atoms with Crippen LogP contribution in [0.2, 0.25) is 0 Å². The summed E-state index contributed by atoms with van der Waals surface area (Å²) in [6.07, 6.45) is 1.54. The minimum absolute atomic E-state index is 0.0895. The van der Waals surface area contributed by atoms with Crippen molar-refractivity contribution in [1.82, 2.24) is 5.43 Å². The third-order valence-electron chi connectivity index (χ3n) is 3.78. The maximum Gasteiger partial charge on any atom is 0.123 e.